The summed E-state index contributed by atoms with van der Waals surface area (Å²) in [5, 5.41) is 4.70. The highest BCUT2D eigenvalue weighted by atomic mass is 16.1. The Labute approximate surface area is 123 Å². The number of hydrogen-bond acceptors (Lipinski definition) is 5. The van der Waals surface area contributed by atoms with Crippen molar-refractivity contribution in [3.63, 3.8) is 0 Å². The molecule has 2 aliphatic heterocycles. The second kappa shape index (κ2) is 5.23. The quantitative estimate of drug-likeness (QED) is 0.653. The maximum atomic E-state index is 11.4. The molecule has 0 bridgehead atoms. The van der Waals surface area contributed by atoms with Crippen molar-refractivity contribution in [3.05, 3.63) is 48.2 Å². The average molecular weight is 285 g/mol. The van der Waals surface area contributed by atoms with E-state index in [4.69, 9.17) is 5.73 Å². The van der Waals surface area contributed by atoms with Gasteiger partial charge in [-0.25, -0.2) is 0 Å². The summed E-state index contributed by atoms with van der Waals surface area (Å²) < 4.78 is 0. The molecule has 1 aromatic carbocycles. The van der Waals surface area contributed by atoms with Crippen LogP contribution in [0.5, 0.6) is 0 Å². The van der Waals surface area contributed by atoms with Crippen molar-refractivity contribution in [1.29, 1.82) is 0 Å². The molecular weight excluding hydrogens is 266 g/mol. The molecule has 0 aromatic heterocycles. The summed E-state index contributed by atoms with van der Waals surface area (Å²) in [6, 6.07) is 5.96. The number of fused-ring (bicyclic) bond motifs is 1. The molecular formula is C15H19N5O. The number of amides is 1. The zero-order valence-corrected chi connectivity index (χ0v) is 11.8. The Morgan fingerprint density at radius 1 is 1.38 bits per heavy atom. The van der Waals surface area contributed by atoms with Gasteiger partial charge in [-0.2, -0.15) is 0 Å². The molecule has 1 aromatic rings. The maximum absolute atomic E-state index is 11.4. The van der Waals surface area contributed by atoms with Crippen LogP contribution in [0.4, 0.5) is 5.69 Å². The molecule has 110 valence electrons. The first-order valence-corrected chi connectivity index (χ1v) is 6.92. The van der Waals surface area contributed by atoms with Gasteiger partial charge in [0.25, 0.3) is 0 Å². The zero-order chi connectivity index (χ0) is 15.0. The molecule has 0 aliphatic carbocycles. The number of piperidine rings is 1. The van der Waals surface area contributed by atoms with Crippen molar-refractivity contribution >= 4 is 17.3 Å². The number of carbonyl (C=O) groups is 1. The number of rotatable bonds is 2. The third kappa shape index (κ3) is 2.39. The molecule has 0 radical (unpaired) electrons. The van der Waals surface area contributed by atoms with Crippen LogP contribution < -0.4 is 22.0 Å². The molecule has 1 atom stereocenters. The lowest BCUT2D eigenvalue weighted by atomic mass is 10.00. The average Bonchev–Trinajstić information content (AvgIpc) is 2.48. The van der Waals surface area contributed by atoms with E-state index in [0.717, 1.165) is 22.5 Å². The first-order chi connectivity index (χ1) is 10.1. The van der Waals surface area contributed by atoms with Crippen molar-refractivity contribution in [1.82, 2.24) is 15.9 Å². The molecule has 21 heavy (non-hydrogen) atoms. The topological polar surface area (TPSA) is 82.4 Å². The molecule has 3 rings (SSSR count). The number of hydrazine groups is 2. The van der Waals surface area contributed by atoms with Crippen molar-refractivity contribution in [2.45, 2.75) is 25.4 Å². The van der Waals surface area contributed by atoms with E-state index < -0.39 is 0 Å². The van der Waals surface area contributed by atoms with E-state index in [1.807, 2.05) is 23.2 Å². The largest absolute Gasteiger partial charge is 0.328 e. The Bertz CT molecular complexity index is 624. The molecule has 1 fully saturated rings. The SMILES string of the molecule is C=C1NC(=O)CCC1N1NNc2ccc(CN)cc2C1=C. The zero-order valence-electron chi connectivity index (χ0n) is 11.8. The first kappa shape index (κ1) is 13.7. The fraction of sp³-hybridized carbons (Fsp3) is 0.267. The van der Waals surface area contributed by atoms with Gasteiger partial charge in [-0.05, 0) is 24.1 Å². The maximum Gasteiger partial charge on any atom is 0.224 e. The van der Waals surface area contributed by atoms with Crippen LogP contribution in [0.2, 0.25) is 0 Å². The van der Waals surface area contributed by atoms with Gasteiger partial charge < -0.3 is 16.5 Å². The fourth-order valence-electron chi connectivity index (χ4n) is 2.70. The Kier molecular flexibility index (Phi) is 3.40. The van der Waals surface area contributed by atoms with Crippen LogP contribution in [0.1, 0.15) is 24.0 Å². The Morgan fingerprint density at radius 2 is 2.19 bits per heavy atom. The van der Waals surface area contributed by atoms with Gasteiger partial charge in [0.15, 0.2) is 0 Å². The van der Waals surface area contributed by atoms with E-state index in [2.05, 4.69) is 29.4 Å². The highest BCUT2D eigenvalue weighted by molar-refractivity contribution is 5.80. The van der Waals surface area contributed by atoms with Crippen LogP contribution in [0.25, 0.3) is 5.70 Å². The number of nitrogens with one attached hydrogen (secondary N) is 3. The van der Waals surface area contributed by atoms with Crippen LogP contribution in [0.3, 0.4) is 0 Å². The van der Waals surface area contributed by atoms with Gasteiger partial charge in [0.1, 0.15) is 0 Å². The minimum atomic E-state index is -0.0302. The van der Waals surface area contributed by atoms with Crippen molar-refractivity contribution in [2.24, 2.45) is 5.73 Å². The summed E-state index contributed by atoms with van der Waals surface area (Å²) in [7, 11) is 0. The lowest BCUT2D eigenvalue weighted by Gasteiger charge is -2.41. The molecule has 6 heteroatoms. The normalized spacial score (nSPS) is 21.7. The third-order valence-corrected chi connectivity index (χ3v) is 3.89. The number of nitrogens with two attached hydrogens (primary N) is 1. The Balaban J connectivity index is 1.88. The monoisotopic (exact) mass is 285 g/mol. The van der Waals surface area contributed by atoms with Gasteiger partial charge >= 0.3 is 0 Å². The molecule has 5 N–H and O–H groups in total. The number of anilines is 1. The number of benzene rings is 1. The highest BCUT2D eigenvalue weighted by Gasteiger charge is 2.31. The molecule has 6 nitrogen and oxygen atoms in total. The second-order valence-corrected chi connectivity index (χ2v) is 5.27. The summed E-state index contributed by atoms with van der Waals surface area (Å²) >= 11 is 0. The predicted molar refractivity (Wildman–Crippen MR) is 82.3 cm³/mol. The van der Waals surface area contributed by atoms with Gasteiger partial charge in [0.05, 0.1) is 17.4 Å². The molecule has 2 heterocycles. The van der Waals surface area contributed by atoms with Gasteiger partial charge in [-0.3, -0.25) is 9.80 Å². The molecule has 0 spiro atoms. The van der Waals surface area contributed by atoms with E-state index in [9.17, 15) is 4.79 Å². The Morgan fingerprint density at radius 3 is 2.90 bits per heavy atom. The number of hydrogen-bond donors (Lipinski definition) is 4. The van der Waals surface area contributed by atoms with Crippen LogP contribution in [0.15, 0.2) is 37.1 Å². The van der Waals surface area contributed by atoms with E-state index >= 15 is 0 Å². The summed E-state index contributed by atoms with van der Waals surface area (Å²) in [6.07, 6.45) is 1.18. The van der Waals surface area contributed by atoms with Crippen LogP contribution in [0, 0.1) is 0 Å². The van der Waals surface area contributed by atoms with Crippen molar-refractivity contribution in [3.8, 4) is 0 Å². The summed E-state index contributed by atoms with van der Waals surface area (Å²) in [5.41, 5.74) is 16.5. The summed E-state index contributed by atoms with van der Waals surface area (Å²) in [4.78, 5) is 11.4. The van der Waals surface area contributed by atoms with E-state index in [1.54, 1.807) is 0 Å². The lowest BCUT2D eigenvalue weighted by Crippen LogP contribution is -2.54. The molecule has 0 saturated carbocycles. The third-order valence-electron chi connectivity index (χ3n) is 3.89. The number of carbonyl (C=O) groups excluding carboxylic acids is 1. The smallest absolute Gasteiger partial charge is 0.224 e. The van der Waals surface area contributed by atoms with Crippen LogP contribution in [-0.2, 0) is 11.3 Å². The minimum Gasteiger partial charge on any atom is -0.328 e. The fourth-order valence-corrected chi connectivity index (χ4v) is 2.70. The van der Waals surface area contributed by atoms with Crippen LogP contribution >= 0.6 is 0 Å². The summed E-state index contributed by atoms with van der Waals surface area (Å²) in [6.45, 7) is 8.60. The van der Waals surface area contributed by atoms with E-state index in [-0.39, 0.29) is 11.9 Å². The molecule has 2 aliphatic rings. The van der Waals surface area contributed by atoms with E-state index in [0.29, 0.717) is 25.1 Å². The minimum absolute atomic E-state index is 0.0117. The molecule has 1 unspecified atom stereocenters. The van der Waals surface area contributed by atoms with Crippen LogP contribution in [-0.4, -0.2) is 17.0 Å². The van der Waals surface area contributed by atoms with Gasteiger partial charge in [-0.15, -0.1) is 5.53 Å². The Hall–Kier alpha value is -2.31. The van der Waals surface area contributed by atoms with Gasteiger partial charge in [-0.1, -0.05) is 19.2 Å². The lowest BCUT2D eigenvalue weighted by molar-refractivity contribution is -0.121. The first-order valence-electron chi connectivity index (χ1n) is 6.92. The standard InChI is InChI=1S/C15H19N5O/c1-9-14(5-6-15(21)17-9)20-10(2)12-7-11(8-16)3-4-13(12)18-19-20/h3-4,7,14,18-19H,1-2,5-6,8,16H2,(H,17,21). The van der Waals surface area contributed by atoms with Crippen molar-refractivity contribution in [2.75, 3.05) is 5.43 Å². The van der Waals surface area contributed by atoms with Crippen molar-refractivity contribution < 1.29 is 4.79 Å². The summed E-state index contributed by atoms with van der Waals surface area (Å²) in [5.74, 6) is 0.0117. The van der Waals surface area contributed by atoms with Gasteiger partial charge in [0.2, 0.25) is 5.91 Å². The predicted octanol–water partition coefficient (Wildman–Crippen LogP) is 1.06. The molecule has 1 saturated heterocycles. The van der Waals surface area contributed by atoms with E-state index in [1.165, 1.54) is 0 Å². The second-order valence-electron chi connectivity index (χ2n) is 5.27. The van der Waals surface area contributed by atoms with Gasteiger partial charge in [0, 0.05) is 24.2 Å². The highest BCUT2D eigenvalue weighted by Crippen LogP contribution is 2.32. The number of nitrogens with zero attached hydrogens (tertiary/aromatic N) is 1. The molecule has 1 amide bonds.